The van der Waals surface area contributed by atoms with Gasteiger partial charge in [-0.1, -0.05) is 61.1 Å². The molecule has 16 heavy (non-hydrogen) atoms. The number of fused-ring (bicyclic) bond motifs is 1. The summed E-state index contributed by atoms with van der Waals surface area (Å²) in [5.41, 5.74) is 6.15. The molecule has 1 aromatic rings. The summed E-state index contributed by atoms with van der Waals surface area (Å²) in [5, 5.41) is 0. The van der Waals surface area contributed by atoms with Gasteiger partial charge in [0.05, 0.1) is 0 Å². The first-order valence-corrected chi connectivity index (χ1v) is 6.05. The van der Waals surface area contributed by atoms with Crippen LogP contribution >= 0.6 is 0 Å². The normalized spacial score (nSPS) is 18.6. The lowest BCUT2D eigenvalue weighted by Gasteiger charge is -2.10. The zero-order chi connectivity index (χ0) is 11.0. The third-order valence-corrected chi connectivity index (χ3v) is 3.61. The van der Waals surface area contributed by atoms with E-state index in [-0.39, 0.29) is 0 Å². The Balaban J connectivity index is 2.07. The van der Waals surface area contributed by atoms with Crippen molar-refractivity contribution < 1.29 is 0 Å². The van der Waals surface area contributed by atoms with Gasteiger partial charge in [-0.3, -0.25) is 0 Å². The first-order chi connectivity index (χ1) is 7.90. The molecule has 0 radical (unpaired) electrons. The highest BCUT2D eigenvalue weighted by Gasteiger charge is 2.23. The summed E-state index contributed by atoms with van der Waals surface area (Å²) >= 11 is 0. The fraction of sp³-hybridized carbons (Fsp3) is 0.250. The molecule has 0 unspecified atom stereocenters. The molecule has 0 aromatic heterocycles. The summed E-state index contributed by atoms with van der Waals surface area (Å²) in [7, 11) is 0. The van der Waals surface area contributed by atoms with E-state index in [0.717, 1.165) is 12.8 Å². The minimum Gasteiger partial charge on any atom is -0.0735 e. The van der Waals surface area contributed by atoms with Crippen LogP contribution in [-0.2, 0) is 6.42 Å². The van der Waals surface area contributed by atoms with E-state index in [1.165, 1.54) is 11.1 Å². The van der Waals surface area contributed by atoms with Gasteiger partial charge in [0.15, 0.2) is 0 Å². The maximum Gasteiger partial charge on any atom is 0.0172 e. The van der Waals surface area contributed by atoms with Crippen LogP contribution in [0.2, 0.25) is 0 Å². The lowest BCUT2D eigenvalue weighted by Crippen LogP contribution is -1.97. The molecular weight excluding hydrogens is 192 g/mol. The number of hydrogen-bond donors (Lipinski definition) is 0. The molecule has 2 aliphatic rings. The Morgan fingerprint density at radius 2 is 1.88 bits per heavy atom. The molecule has 2 aliphatic carbocycles. The van der Waals surface area contributed by atoms with Gasteiger partial charge < -0.3 is 0 Å². The van der Waals surface area contributed by atoms with E-state index in [1.54, 1.807) is 11.1 Å². The molecule has 1 aromatic carbocycles. The van der Waals surface area contributed by atoms with Gasteiger partial charge in [-0.05, 0) is 29.5 Å². The number of rotatable bonds is 2. The quantitative estimate of drug-likeness (QED) is 0.685. The van der Waals surface area contributed by atoms with Crippen molar-refractivity contribution in [2.24, 2.45) is 5.92 Å². The van der Waals surface area contributed by atoms with Crippen molar-refractivity contribution in [2.45, 2.75) is 19.8 Å². The highest BCUT2D eigenvalue weighted by atomic mass is 14.3. The van der Waals surface area contributed by atoms with E-state index >= 15 is 0 Å². The maximum atomic E-state index is 2.30. The summed E-state index contributed by atoms with van der Waals surface area (Å²) < 4.78 is 0. The molecule has 0 nitrogen and oxygen atoms in total. The van der Waals surface area contributed by atoms with Crippen LogP contribution in [0.3, 0.4) is 0 Å². The Morgan fingerprint density at radius 1 is 1.12 bits per heavy atom. The van der Waals surface area contributed by atoms with Crippen molar-refractivity contribution in [1.29, 1.82) is 0 Å². The van der Waals surface area contributed by atoms with Gasteiger partial charge >= 0.3 is 0 Å². The minimum atomic E-state index is 0.544. The molecule has 0 aliphatic heterocycles. The standard InChI is InChI=1S/C16H16/c1-2-14-15-10-6-5-9-13(15)11-16(14)12-7-3-4-8-12/h3-10,12H,2,11H2,1H3. The van der Waals surface area contributed by atoms with Crippen molar-refractivity contribution in [3.63, 3.8) is 0 Å². The molecule has 0 saturated carbocycles. The van der Waals surface area contributed by atoms with Crippen LogP contribution in [0, 0.1) is 5.92 Å². The number of benzene rings is 1. The van der Waals surface area contributed by atoms with Crippen LogP contribution < -0.4 is 0 Å². The largest absolute Gasteiger partial charge is 0.0735 e. The van der Waals surface area contributed by atoms with Crippen molar-refractivity contribution in [1.82, 2.24) is 0 Å². The van der Waals surface area contributed by atoms with Gasteiger partial charge in [0, 0.05) is 5.92 Å². The second kappa shape index (κ2) is 3.79. The highest BCUT2D eigenvalue weighted by Crippen LogP contribution is 2.39. The fourth-order valence-electron chi connectivity index (χ4n) is 2.85. The van der Waals surface area contributed by atoms with E-state index in [1.807, 2.05) is 0 Å². The van der Waals surface area contributed by atoms with Crippen LogP contribution in [0.25, 0.3) is 5.57 Å². The Morgan fingerprint density at radius 3 is 2.62 bits per heavy atom. The van der Waals surface area contributed by atoms with E-state index in [9.17, 15) is 0 Å². The van der Waals surface area contributed by atoms with E-state index < -0.39 is 0 Å². The molecule has 0 heterocycles. The van der Waals surface area contributed by atoms with Gasteiger partial charge in [-0.15, -0.1) is 0 Å². The van der Waals surface area contributed by atoms with E-state index in [4.69, 9.17) is 0 Å². The van der Waals surface area contributed by atoms with E-state index in [2.05, 4.69) is 55.5 Å². The monoisotopic (exact) mass is 208 g/mol. The van der Waals surface area contributed by atoms with Gasteiger partial charge in [0.2, 0.25) is 0 Å². The summed E-state index contributed by atoms with van der Waals surface area (Å²) in [6.45, 7) is 2.26. The molecule has 0 bridgehead atoms. The van der Waals surface area contributed by atoms with Crippen LogP contribution in [-0.4, -0.2) is 0 Å². The second-order valence-electron chi connectivity index (χ2n) is 4.49. The molecule has 3 rings (SSSR count). The smallest absolute Gasteiger partial charge is 0.0172 e. The Bertz CT molecular complexity index is 489. The van der Waals surface area contributed by atoms with Crippen molar-refractivity contribution >= 4 is 5.57 Å². The molecule has 80 valence electrons. The molecule has 0 amide bonds. The molecule has 0 atom stereocenters. The Labute approximate surface area is 97.0 Å². The number of hydrogen-bond acceptors (Lipinski definition) is 0. The molecule has 0 saturated heterocycles. The van der Waals surface area contributed by atoms with Gasteiger partial charge in [-0.25, -0.2) is 0 Å². The van der Waals surface area contributed by atoms with Gasteiger partial charge in [0.1, 0.15) is 0 Å². The van der Waals surface area contributed by atoms with Gasteiger partial charge in [0.25, 0.3) is 0 Å². The summed E-state index contributed by atoms with van der Waals surface area (Å²) in [5.74, 6) is 0.544. The topological polar surface area (TPSA) is 0 Å². The predicted molar refractivity (Wildman–Crippen MR) is 69.1 cm³/mol. The van der Waals surface area contributed by atoms with E-state index in [0.29, 0.717) is 5.92 Å². The third-order valence-electron chi connectivity index (χ3n) is 3.61. The zero-order valence-electron chi connectivity index (χ0n) is 9.61. The Kier molecular flexibility index (Phi) is 2.28. The summed E-state index contributed by atoms with van der Waals surface area (Å²) in [4.78, 5) is 0. The van der Waals surface area contributed by atoms with Crippen molar-refractivity contribution in [3.8, 4) is 0 Å². The molecule has 0 heteroatoms. The molecule has 0 spiro atoms. The van der Waals surface area contributed by atoms with Gasteiger partial charge in [-0.2, -0.15) is 0 Å². The fourth-order valence-corrected chi connectivity index (χ4v) is 2.85. The SMILES string of the molecule is CCC1=C(C2C=CC=C2)Cc2ccccc21. The lowest BCUT2D eigenvalue weighted by atomic mass is 9.94. The minimum absolute atomic E-state index is 0.544. The average Bonchev–Trinajstić information content (AvgIpc) is 2.95. The average molecular weight is 208 g/mol. The summed E-state index contributed by atoms with van der Waals surface area (Å²) in [6.07, 6.45) is 11.2. The third kappa shape index (κ3) is 1.37. The second-order valence-corrected chi connectivity index (χ2v) is 4.49. The predicted octanol–water partition coefficient (Wildman–Crippen LogP) is 4.15. The van der Waals surface area contributed by atoms with Crippen LogP contribution in [0.15, 0.2) is 54.1 Å². The summed E-state index contributed by atoms with van der Waals surface area (Å²) in [6, 6.07) is 8.83. The Hall–Kier alpha value is -1.56. The molecule has 0 N–H and O–H groups in total. The van der Waals surface area contributed by atoms with Crippen molar-refractivity contribution in [2.75, 3.05) is 0 Å². The first kappa shape index (κ1) is 9.65. The first-order valence-electron chi connectivity index (χ1n) is 6.05. The molecule has 0 fully saturated rings. The highest BCUT2D eigenvalue weighted by molar-refractivity contribution is 5.77. The van der Waals surface area contributed by atoms with Crippen molar-refractivity contribution in [3.05, 3.63) is 65.3 Å². The zero-order valence-corrected chi connectivity index (χ0v) is 9.61. The molecular formula is C16H16. The van der Waals surface area contributed by atoms with Crippen LogP contribution in [0.5, 0.6) is 0 Å². The maximum absolute atomic E-state index is 2.30. The van der Waals surface area contributed by atoms with Crippen LogP contribution in [0.1, 0.15) is 24.5 Å². The number of allylic oxidation sites excluding steroid dienone is 6. The lowest BCUT2D eigenvalue weighted by molar-refractivity contribution is 0.933. The van der Waals surface area contributed by atoms with Crippen LogP contribution in [0.4, 0.5) is 0 Å².